The number of carbonyl (C=O) groups is 1. The molecule has 0 unspecified atom stereocenters. The normalized spacial score (nSPS) is 16.2. The Labute approximate surface area is 182 Å². The predicted molar refractivity (Wildman–Crippen MR) is 118 cm³/mol. The van der Waals surface area contributed by atoms with Crippen molar-refractivity contribution in [3.63, 3.8) is 0 Å². The molecule has 4 rings (SSSR count). The van der Waals surface area contributed by atoms with E-state index in [0.717, 1.165) is 11.1 Å². The summed E-state index contributed by atoms with van der Waals surface area (Å²) in [7, 11) is 1.34. The molecule has 0 aliphatic carbocycles. The molecule has 152 valence electrons. The molecule has 0 N–H and O–H groups in total. The highest BCUT2D eigenvalue weighted by Gasteiger charge is 2.33. The second-order valence-electron chi connectivity index (χ2n) is 6.75. The van der Waals surface area contributed by atoms with Gasteiger partial charge in [-0.25, -0.2) is 9.79 Å². The average molecular weight is 439 g/mol. The molecule has 7 heteroatoms. The number of methoxy groups -OCH3 is 1. The van der Waals surface area contributed by atoms with Gasteiger partial charge in [-0.15, -0.1) is 0 Å². The van der Waals surface area contributed by atoms with E-state index in [9.17, 15) is 9.59 Å². The Balaban J connectivity index is 2.01. The van der Waals surface area contributed by atoms with Crippen molar-refractivity contribution in [2.45, 2.75) is 19.4 Å². The monoisotopic (exact) mass is 438 g/mol. The Morgan fingerprint density at radius 2 is 2.00 bits per heavy atom. The van der Waals surface area contributed by atoms with Crippen molar-refractivity contribution in [2.24, 2.45) is 4.99 Å². The van der Waals surface area contributed by atoms with Crippen molar-refractivity contribution < 1.29 is 9.53 Å². The van der Waals surface area contributed by atoms with E-state index in [4.69, 9.17) is 16.3 Å². The Morgan fingerprint density at radius 1 is 1.23 bits per heavy atom. The number of benzene rings is 2. The summed E-state index contributed by atoms with van der Waals surface area (Å²) in [6, 6.07) is 16.2. The van der Waals surface area contributed by atoms with Gasteiger partial charge < -0.3 is 4.74 Å². The third-order valence-corrected chi connectivity index (χ3v) is 6.13. The molecule has 5 nitrogen and oxygen atoms in total. The molecular formula is C23H19ClN2O3S. The average Bonchev–Trinajstić information content (AvgIpc) is 3.07. The van der Waals surface area contributed by atoms with E-state index in [-0.39, 0.29) is 5.56 Å². The number of nitrogens with zero attached hydrogens (tertiary/aromatic N) is 2. The zero-order valence-corrected chi connectivity index (χ0v) is 18.0. The summed E-state index contributed by atoms with van der Waals surface area (Å²) in [5, 5.41) is 0.597. The summed E-state index contributed by atoms with van der Waals surface area (Å²) in [4.78, 5) is 31.3. The Bertz CT molecular complexity index is 1320. The number of carbonyl (C=O) groups excluding carboxylic acids is 1. The van der Waals surface area contributed by atoms with E-state index in [1.165, 1.54) is 18.4 Å². The van der Waals surface area contributed by atoms with Crippen LogP contribution in [0.4, 0.5) is 0 Å². The van der Waals surface area contributed by atoms with Gasteiger partial charge in [-0.1, -0.05) is 72.3 Å². The van der Waals surface area contributed by atoms with Crippen molar-refractivity contribution in [1.82, 2.24) is 4.57 Å². The number of rotatable bonds is 4. The summed E-state index contributed by atoms with van der Waals surface area (Å²) in [6.45, 7) is 1.93. The number of fused-ring (bicyclic) bond motifs is 1. The fourth-order valence-corrected chi connectivity index (χ4v) is 4.78. The molecule has 0 saturated heterocycles. The number of halogens is 1. The van der Waals surface area contributed by atoms with Gasteiger partial charge in [-0.05, 0) is 35.8 Å². The fourth-order valence-electron chi connectivity index (χ4n) is 3.56. The van der Waals surface area contributed by atoms with Crippen LogP contribution in [0.15, 0.2) is 75.7 Å². The van der Waals surface area contributed by atoms with E-state index < -0.39 is 12.0 Å². The van der Waals surface area contributed by atoms with Crippen LogP contribution in [0.5, 0.6) is 0 Å². The van der Waals surface area contributed by atoms with Crippen LogP contribution in [-0.4, -0.2) is 17.6 Å². The Kier molecular flexibility index (Phi) is 5.70. The lowest BCUT2D eigenvalue weighted by Crippen LogP contribution is -2.40. The molecule has 0 fully saturated rings. The third kappa shape index (κ3) is 3.64. The number of hydrogen-bond donors (Lipinski definition) is 0. The van der Waals surface area contributed by atoms with Crippen molar-refractivity contribution in [3.05, 3.63) is 102 Å². The molecule has 2 heterocycles. The van der Waals surface area contributed by atoms with Gasteiger partial charge in [-0.3, -0.25) is 9.36 Å². The van der Waals surface area contributed by atoms with Crippen LogP contribution in [0.3, 0.4) is 0 Å². The van der Waals surface area contributed by atoms with Gasteiger partial charge in [0, 0.05) is 5.02 Å². The van der Waals surface area contributed by atoms with Crippen LogP contribution >= 0.6 is 22.9 Å². The lowest BCUT2D eigenvalue weighted by Gasteiger charge is -2.25. The standard InChI is InChI=1S/C23H19ClN2O3S/c1-3-17-19(22(28)29-2)20(15-9-5-4-6-10-15)26-21(27)18(30-23(26)25-17)13-14-8-7-11-16(24)12-14/h4-13,20H,3H2,1-2H3/b18-13-/t20-/m0/s1. The predicted octanol–water partition coefficient (Wildman–Crippen LogP) is 3.45. The van der Waals surface area contributed by atoms with Crippen LogP contribution in [0.25, 0.3) is 6.08 Å². The lowest BCUT2D eigenvalue weighted by atomic mass is 9.95. The first-order chi connectivity index (χ1) is 14.5. The molecule has 1 aliphatic heterocycles. The highest BCUT2D eigenvalue weighted by atomic mass is 35.5. The topological polar surface area (TPSA) is 60.7 Å². The van der Waals surface area contributed by atoms with Gasteiger partial charge in [0.15, 0.2) is 4.80 Å². The van der Waals surface area contributed by atoms with E-state index in [0.29, 0.717) is 32.0 Å². The number of hydrogen-bond acceptors (Lipinski definition) is 5. The molecule has 0 bridgehead atoms. The van der Waals surface area contributed by atoms with Crippen molar-refractivity contribution in [2.75, 3.05) is 7.11 Å². The van der Waals surface area contributed by atoms with Gasteiger partial charge in [0.05, 0.1) is 29.0 Å². The first kappa shape index (κ1) is 20.3. The minimum atomic E-state index is -0.591. The first-order valence-electron chi connectivity index (χ1n) is 9.47. The molecule has 30 heavy (non-hydrogen) atoms. The number of allylic oxidation sites excluding steroid dienone is 1. The largest absolute Gasteiger partial charge is 0.466 e. The molecule has 1 aromatic heterocycles. The van der Waals surface area contributed by atoms with Gasteiger partial charge in [0.25, 0.3) is 5.56 Å². The number of ether oxygens (including phenoxy) is 1. The van der Waals surface area contributed by atoms with Crippen LogP contribution in [-0.2, 0) is 9.53 Å². The first-order valence-corrected chi connectivity index (χ1v) is 10.7. The highest BCUT2D eigenvalue weighted by molar-refractivity contribution is 7.07. The second kappa shape index (κ2) is 8.42. The Morgan fingerprint density at radius 3 is 2.67 bits per heavy atom. The molecule has 1 aliphatic rings. The van der Waals surface area contributed by atoms with Gasteiger partial charge in [0.2, 0.25) is 0 Å². The summed E-state index contributed by atoms with van der Waals surface area (Å²) in [6.07, 6.45) is 2.35. The van der Waals surface area contributed by atoms with Crippen LogP contribution < -0.4 is 14.9 Å². The van der Waals surface area contributed by atoms with E-state index in [1.54, 1.807) is 22.8 Å². The molecule has 0 spiro atoms. The van der Waals surface area contributed by atoms with Gasteiger partial charge in [-0.2, -0.15) is 0 Å². The fraction of sp³-hybridized carbons (Fsp3) is 0.174. The maximum atomic E-state index is 13.4. The molecule has 1 atom stereocenters. The second-order valence-corrected chi connectivity index (χ2v) is 8.20. The van der Waals surface area contributed by atoms with Crippen LogP contribution in [0.2, 0.25) is 5.02 Å². The highest BCUT2D eigenvalue weighted by Crippen LogP contribution is 2.31. The summed E-state index contributed by atoms with van der Waals surface area (Å²) < 4.78 is 7.16. The number of esters is 1. The number of aromatic nitrogens is 1. The SMILES string of the molecule is CCC1=C(C(=O)OC)[C@H](c2ccccc2)n2c(s/c(=C\c3cccc(Cl)c3)c2=O)=N1. The van der Waals surface area contributed by atoms with Crippen molar-refractivity contribution in [3.8, 4) is 0 Å². The smallest absolute Gasteiger partial charge is 0.338 e. The molecule has 2 aromatic carbocycles. The van der Waals surface area contributed by atoms with E-state index >= 15 is 0 Å². The van der Waals surface area contributed by atoms with Crippen LogP contribution in [0.1, 0.15) is 30.5 Å². The Hall–Kier alpha value is -2.96. The van der Waals surface area contributed by atoms with Gasteiger partial charge in [0.1, 0.15) is 0 Å². The zero-order valence-electron chi connectivity index (χ0n) is 16.5. The quantitative estimate of drug-likeness (QED) is 0.586. The minimum Gasteiger partial charge on any atom is -0.466 e. The summed E-state index contributed by atoms with van der Waals surface area (Å²) >= 11 is 7.39. The van der Waals surface area contributed by atoms with Crippen LogP contribution in [0, 0.1) is 0 Å². The van der Waals surface area contributed by atoms with Gasteiger partial charge >= 0.3 is 5.97 Å². The van der Waals surface area contributed by atoms with E-state index in [2.05, 4.69) is 4.99 Å². The maximum Gasteiger partial charge on any atom is 0.338 e. The molecule has 0 amide bonds. The lowest BCUT2D eigenvalue weighted by molar-refractivity contribution is -0.136. The van der Waals surface area contributed by atoms with E-state index in [1.807, 2.05) is 49.4 Å². The molecule has 3 aromatic rings. The molecule has 0 radical (unpaired) electrons. The zero-order chi connectivity index (χ0) is 21.3. The molecule has 0 saturated carbocycles. The summed E-state index contributed by atoms with van der Waals surface area (Å²) in [5.74, 6) is -0.478. The number of thiazole rings is 1. The summed E-state index contributed by atoms with van der Waals surface area (Å²) in [5.41, 5.74) is 2.48. The minimum absolute atomic E-state index is 0.205. The van der Waals surface area contributed by atoms with Crippen molar-refractivity contribution >= 4 is 35.0 Å². The third-order valence-electron chi connectivity index (χ3n) is 4.91. The maximum absolute atomic E-state index is 13.4. The van der Waals surface area contributed by atoms with Crippen molar-refractivity contribution in [1.29, 1.82) is 0 Å². The molecular weight excluding hydrogens is 420 g/mol.